The lowest BCUT2D eigenvalue weighted by Crippen LogP contribution is -2.24. The van der Waals surface area contributed by atoms with Crippen LogP contribution >= 0.6 is 0 Å². The number of carbonyl (C=O) groups is 2. The molecule has 0 unspecified atom stereocenters. The Bertz CT molecular complexity index is 1320. The molecule has 166 valence electrons. The summed E-state index contributed by atoms with van der Waals surface area (Å²) in [4.78, 5) is 24.8. The molecule has 0 aliphatic heterocycles. The highest BCUT2D eigenvalue weighted by Crippen LogP contribution is 2.20. The van der Waals surface area contributed by atoms with Crippen molar-refractivity contribution in [3.8, 4) is 0 Å². The molecule has 33 heavy (non-hydrogen) atoms. The zero-order chi connectivity index (χ0) is 23.2. The van der Waals surface area contributed by atoms with E-state index in [1.54, 1.807) is 6.21 Å². The van der Waals surface area contributed by atoms with E-state index in [9.17, 15) is 9.59 Å². The van der Waals surface area contributed by atoms with Gasteiger partial charge in [0.2, 0.25) is 5.91 Å². The van der Waals surface area contributed by atoms with Crippen LogP contribution in [-0.2, 0) is 11.3 Å². The number of rotatable bonds is 6. The molecule has 4 aromatic rings. The van der Waals surface area contributed by atoms with Gasteiger partial charge in [-0.2, -0.15) is 5.10 Å². The van der Waals surface area contributed by atoms with Crippen LogP contribution in [0.2, 0.25) is 0 Å². The molecular weight excluding hydrogens is 414 g/mol. The number of benzene rings is 3. The van der Waals surface area contributed by atoms with Gasteiger partial charge >= 0.3 is 6.03 Å². The van der Waals surface area contributed by atoms with Crippen LogP contribution in [0, 0.1) is 13.8 Å². The molecule has 0 fully saturated rings. The average Bonchev–Trinajstić information content (AvgIpc) is 3.14. The first-order valence-electron chi connectivity index (χ1n) is 10.6. The minimum Gasteiger partial charge on any atom is -0.337 e. The average molecular weight is 440 g/mol. The first-order chi connectivity index (χ1) is 16.0. The lowest BCUT2D eigenvalue weighted by molar-refractivity contribution is -0.116. The van der Waals surface area contributed by atoms with E-state index in [1.165, 1.54) is 0 Å². The number of hydrogen-bond acceptors (Lipinski definition) is 3. The number of hydrogen-bond donors (Lipinski definition) is 3. The second-order valence-electron chi connectivity index (χ2n) is 7.78. The summed E-state index contributed by atoms with van der Waals surface area (Å²) in [6, 6.07) is 22.5. The van der Waals surface area contributed by atoms with Crippen LogP contribution in [0.3, 0.4) is 0 Å². The number of amides is 3. The summed E-state index contributed by atoms with van der Waals surface area (Å²) < 4.78 is 1.87. The van der Waals surface area contributed by atoms with Crippen molar-refractivity contribution in [2.45, 2.75) is 20.4 Å². The number of carbonyl (C=O) groups excluding carboxylic acids is 2. The fraction of sp³-hybridized carbons (Fsp3) is 0.115. The standard InChI is InChI=1S/C26H25N5O2/c1-18-11-13-21(14-12-18)28-25(32)17-31-16-20(22-8-4-6-10-24(22)31)15-27-30-26(33)29-23-9-5-3-7-19(23)2/h3-16H,17H2,1-2H3,(H,28,32)(H2,29,30,33). The number of aryl methyl sites for hydroxylation is 2. The third-order valence-corrected chi connectivity index (χ3v) is 5.23. The zero-order valence-electron chi connectivity index (χ0n) is 18.5. The molecule has 0 saturated carbocycles. The molecule has 3 amide bonds. The van der Waals surface area contributed by atoms with Gasteiger partial charge in [0.1, 0.15) is 6.54 Å². The Hall–Kier alpha value is -4.39. The second kappa shape index (κ2) is 9.82. The molecule has 1 aromatic heterocycles. The molecule has 3 aromatic carbocycles. The highest BCUT2D eigenvalue weighted by molar-refractivity contribution is 6.01. The van der Waals surface area contributed by atoms with E-state index in [-0.39, 0.29) is 12.5 Å². The molecule has 0 radical (unpaired) electrons. The molecule has 3 N–H and O–H groups in total. The lowest BCUT2D eigenvalue weighted by atomic mass is 10.2. The SMILES string of the molecule is Cc1ccc(NC(=O)Cn2cc(C=NNC(=O)Nc3ccccc3C)c3ccccc32)cc1. The minimum absolute atomic E-state index is 0.126. The monoisotopic (exact) mass is 439 g/mol. The fourth-order valence-corrected chi connectivity index (χ4v) is 3.52. The van der Waals surface area contributed by atoms with Crippen LogP contribution in [-0.4, -0.2) is 22.7 Å². The highest BCUT2D eigenvalue weighted by atomic mass is 16.2. The number of hydrazone groups is 1. The quantitative estimate of drug-likeness (QED) is 0.290. The molecule has 0 spiro atoms. The summed E-state index contributed by atoms with van der Waals surface area (Å²) >= 11 is 0. The van der Waals surface area contributed by atoms with Gasteiger partial charge in [0.25, 0.3) is 0 Å². The molecule has 4 rings (SSSR count). The topological polar surface area (TPSA) is 87.5 Å². The van der Waals surface area contributed by atoms with Crippen molar-refractivity contribution in [3.05, 3.63) is 95.7 Å². The van der Waals surface area contributed by atoms with Gasteiger partial charge in [0, 0.05) is 34.0 Å². The van der Waals surface area contributed by atoms with Gasteiger partial charge in [0.15, 0.2) is 0 Å². The van der Waals surface area contributed by atoms with Crippen LogP contribution in [0.15, 0.2) is 84.1 Å². The Labute approximate surface area is 192 Å². The Morgan fingerprint density at radius 2 is 1.64 bits per heavy atom. The lowest BCUT2D eigenvalue weighted by Gasteiger charge is -2.07. The van der Waals surface area contributed by atoms with Crippen molar-refractivity contribution in [1.82, 2.24) is 9.99 Å². The van der Waals surface area contributed by atoms with Gasteiger partial charge in [-0.15, -0.1) is 0 Å². The molecule has 0 aliphatic rings. The number of nitrogens with one attached hydrogen (secondary N) is 3. The number of urea groups is 1. The van der Waals surface area contributed by atoms with E-state index in [0.717, 1.165) is 39.0 Å². The van der Waals surface area contributed by atoms with E-state index >= 15 is 0 Å². The first-order valence-corrected chi connectivity index (χ1v) is 10.6. The zero-order valence-corrected chi connectivity index (χ0v) is 18.5. The van der Waals surface area contributed by atoms with Crippen molar-refractivity contribution in [2.24, 2.45) is 5.10 Å². The molecule has 0 bridgehead atoms. The van der Waals surface area contributed by atoms with E-state index < -0.39 is 6.03 Å². The second-order valence-corrected chi connectivity index (χ2v) is 7.78. The van der Waals surface area contributed by atoms with Gasteiger partial charge < -0.3 is 15.2 Å². The van der Waals surface area contributed by atoms with Gasteiger partial charge in [-0.1, -0.05) is 54.1 Å². The van der Waals surface area contributed by atoms with Crippen LogP contribution < -0.4 is 16.1 Å². The van der Waals surface area contributed by atoms with Crippen molar-refractivity contribution < 1.29 is 9.59 Å². The van der Waals surface area contributed by atoms with Crippen LogP contribution in [0.1, 0.15) is 16.7 Å². The predicted molar refractivity (Wildman–Crippen MR) is 133 cm³/mol. The van der Waals surface area contributed by atoms with Crippen LogP contribution in [0.5, 0.6) is 0 Å². The van der Waals surface area contributed by atoms with Gasteiger partial charge in [-0.3, -0.25) is 4.79 Å². The number of aromatic nitrogens is 1. The van der Waals surface area contributed by atoms with Gasteiger partial charge in [-0.05, 0) is 43.7 Å². The van der Waals surface area contributed by atoms with Crippen molar-refractivity contribution >= 4 is 40.4 Å². The Morgan fingerprint density at radius 1 is 0.909 bits per heavy atom. The van der Waals surface area contributed by atoms with E-state index in [4.69, 9.17) is 0 Å². The molecule has 0 atom stereocenters. The third kappa shape index (κ3) is 5.46. The van der Waals surface area contributed by atoms with Crippen molar-refractivity contribution in [3.63, 3.8) is 0 Å². The smallest absolute Gasteiger partial charge is 0.337 e. The molecule has 0 saturated heterocycles. The highest BCUT2D eigenvalue weighted by Gasteiger charge is 2.11. The Balaban J connectivity index is 1.45. The van der Waals surface area contributed by atoms with Gasteiger partial charge in [-0.25, -0.2) is 10.2 Å². The summed E-state index contributed by atoms with van der Waals surface area (Å²) in [5.74, 6) is -0.126. The molecule has 0 aliphatic carbocycles. The summed E-state index contributed by atoms with van der Waals surface area (Å²) in [6.45, 7) is 4.08. The maximum Gasteiger partial charge on any atom is 0.339 e. The Morgan fingerprint density at radius 3 is 2.42 bits per heavy atom. The van der Waals surface area contributed by atoms with E-state index in [2.05, 4.69) is 21.2 Å². The Kier molecular flexibility index (Phi) is 6.50. The fourth-order valence-electron chi connectivity index (χ4n) is 3.52. The van der Waals surface area contributed by atoms with Gasteiger partial charge in [0.05, 0.1) is 6.21 Å². The predicted octanol–water partition coefficient (Wildman–Crippen LogP) is 5.05. The molecular formula is C26H25N5O2. The number of para-hydroxylation sites is 2. The maximum atomic E-state index is 12.6. The normalized spacial score (nSPS) is 11.0. The summed E-state index contributed by atoms with van der Waals surface area (Å²) in [5.41, 5.74) is 7.77. The number of fused-ring (bicyclic) bond motifs is 1. The minimum atomic E-state index is -0.429. The summed E-state index contributed by atoms with van der Waals surface area (Å²) in [5, 5.41) is 10.7. The van der Waals surface area contributed by atoms with Crippen molar-refractivity contribution in [2.75, 3.05) is 10.6 Å². The van der Waals surface area contributed by atoms with Crippen molar-refractivity contribution in [1.29, 1.82) is 0 Å². The number of anilines is 2. The number of nitrogens with zero attached hydrogens (tertiary/aromatic N) is 2. The summed E-state index contributed by atoms with van der Waals surface area (Å²) in [6.07, 6.45) is 3.43. The van der Waals surface area contributed by atoms with Crippen LogP contribution in [0.25, 0.3) is 10.9 Å². The molecule has 7 nitrogen and oxygen atoms in total. The molecule has 7 heteroatoms. The molecule has 1 heterocycles. The first kappa shape index (κ1) is 21.8. The maximum absolute atomic E-state index is 12.6. The third-order valence-electron chi connectivity index (χ3n) is 5.23. The van der Waals surface area contributed by atoms with E-state index in [1.807, 2.05) is 97.4 Å². The van der Waals surface area contributed by atoms with E-state index in [0.29, 0.717) is 0 Å². The largest absolute Gasteiger partial charge is 0.339 e. The summed E-state index contributed by atoms with van der Waals surface area (Å²) in [7, 11) is 0. The van der Waals surface area contributed by atoms with Crippen LogP contribution in [0.4, 0.5) is 16.2 Å².